The van der Waals surface area contributed by atoms with E-state index in [0.29, 0.717) is 36.7 Å². The summed E-state index contributed by atoms with van der Waals surface area (Å²) in [6.45, 7) is 1.16. The van der Waals surface area contributed by atoms with Gasteiger partial charge >= 0.3 is 0 Å². The second-order valence-corrected chi connectivity index (χ2v) is 4.13. The van der Waals surface area contributed by atoms with Gasteiger partial charge in [-0.2, -0.15) is 0 Å². The van der Waals surface area contributed by atoms with Gasteiger partial charge in [0.25, 0.3) is 0 Å². The van der Waals surface area contributed by atoms with Gasteiger partial charge in [-0.3, -0.25) is 0 Å². The lowest BCUT2D eigenvalue weighted by Crippen LogP contribution is -2.21. The van der Waals surface area contributed by atoms with Gasteiger partial charge in [0, 0.05) is 18.8 Å². The number of ether oxygens (including phenoxy) is 1. The molecule has 2 aromatic rings. The third-order valence-corrected chi connectivity index (χ3v) is 2.65. The second kappa shape index (κ2) is 7.52. The smallest absolute Gasteiger partial charge is 0.222 e. The quantitative estimate of drug-likeness (QED) is 0.751. The Bertz CT molecular complexity index is 537. The van der Waals surface area contributed by atoms with Crippen molar-refractivity contribution >= 4 is 0 Å². The number of hydrogen-bond donors (Lipinski definition) is 2. The SMILES string of the molecule is OCCNCCc1cc(Oc2ccncn2)ccc1F. The number of hydrogen-bond acceptors (Lipinski definition) is 5. The van der Waals surface area contributed by atoms with Crippen molar-refractivity contribution in [2.75, 3.05) is 19.7 Å². The van der Waals surface area contributed by atoms with Crippen molar-refractivity contribution < 1.29 is 14.2 Å². The number of rotatable bonds is 7. The molecule has 0 atom stereocenters. The van der Waals surface area contributed by atoms with E-state index in [1.54, 1.807) is 24.4 Å². The molecule has 5 nitrogen and oxygen atoms in total. The molecule has 2 N–H and O–H groups in total. The molecule has 0 saturated carbocycles. The summed E-state index contributed by atoms with van der Waals surface area (Å²) in [5.41, 5.74) is 0.557. The minimum Gasteiger partial charge on any atom is -0.439 e. The number of aromatic nitrogens is 2. The minimum absolute atomic E-state index is 0.0688. The maximum atomic E-state index is 13.7. The molecule has 0 radical (unpaired) electrons. The number of nitrogens with one attached hydrogen (secondary N) is 1. The third kappa shape index (κ3) is 4.25. The van der Waals surface area contributed by atoms with Gasteiger partial charge in [0.15, 0.2) is 0 Å². The summed E-state index contributed by atoms with van der Waals surface area (Å²) in [4.78, 5) is 7.74. The van der Waals surface area contributed by atoms with Gasteiger partial charge in [0.2, 0.25) is 5.88 Å². The molecule has 1 aromatic carbocycles. The van der Waals surface area contributed by atoms with Crippen molar-refractivity contribution in [1.82, 2.24) is 15.3 Å². The highest BCUT2D eigenvalue weighted by Crippen LogP contribution is 2.21. The normalized spacial score (nSPS) is 10.5. The number of aliphatic hydroxyl groups is 1. The monoisotopic (exact) mass is 277 g/mol. The first kappa shape index (κ1) is 14.4. The van der Waals surface area contributed by atoms with Crippen LogP contribution in [0.15, 0.2) is 36.8 Å². The molecule has 0 bridgehead atoms. The fourth-order valence-corrected chi connectivity index (χ4v) is 1.69. The van der Waals surface area contributed by atoms with Crippen LogP contribution in [0.2, 0.25) is 0 Å². The van der Waals surface area contributed by atoms with Gasteiger partial charge in [-0.05, 0) is 36.7 Å². The van der Waals surface area contributed by atoms with E-state index in [0.717, 1.165) is 0 Å². The van der Waals surface area contributed by atoms with Crippen molar-refractivity contribution in [3.8, 4) is 11.6 Å². The van der Waals surface area contributed by atoms with Crippen LogP contribution in [0.1, 0.15) is 5.56 Å². The van der Waals surface area contributed by atoms with Gasteiger partial charge in [-0.1, -0.05) is 0 Å². The summed E-state index contributed by atoms with van der Waals surface area (Å²) < 4.78 is 19.2. The van der Waals surface area contributed by atoms with Crippen LogP contribution in [0.4, 0.5) is 4.39 Å². The van der Waals surface area contributed by atoms with E-state index in [4.69, 9.17) is 9.84 Å². The van der Waals surface area contributed by atoms with Crippen LogP contribution in [-0.4, -0.2) is 34.8 Å². The molecule has 0 aliphatic rings. The van der Waals surface area contributed by atoms with Crippen molar-refractivity contribution in [2.45, 2.75) is 6.42 Å². The zero-order chi connectivity index (χ0) is 14.2. The molecule has 0 amide bonds. The third-order valence-electron chi connectivity index (χ3n) is 2.65. The van der Waals surface area contributed by atoms with Crippen molar-refractivity contribution in [2.24, 2.45) is 0 Å². The molecule has 106 valence electrons. The lowest BCUT2D eigenvalue weighted by atomic mass is 10.1. The maximum absolute atomic E-state index is 13.7. The van der Waals surface area contributed by atoms with E-state index in [-0.39, 0.29) is 12.4 Å². The minimum atomic E-state index is -0.272. The lowest BCUT2D eigenvalue weighted by molar-refractivity contribution is 0.292. The zero-order valence-electron chi connectivity index (χ0n) is 10.9. The molecule has 0 unspecified atom stereocenters. The predicted molar refractivity (Wildman–Crippen MR) is 72.2 cm³/mol. The Hall–Kier alpha value is -2.05. The summed E-state index contributed by atoms with van der Waals surface area (Å²) in [5, 5.41) is 11.7. The number of benzene rings is 1. The first-order valence-corrected chi connectivity index (χ1v) is 6.33. The molecule has 0 saturated heterocycles. The van der Waals surface area contributed by atoms with E-state index in [2.05, 4.69) is 15.3 Å². The summed E-state index contributed by atoms with van der Waals surface area (Å²) in [7, 11) is 0. The number of halogens is 1. The second-order valence-electron chi connectivity index (χ2n) is 4.13. The molecule has 0 spiro atoms. The van der Waals surface area contributed by atoms with Crippen LogP contribution < -0.4 is 10.1 Å². The van der Waals surface area contributed by atoms with Crippen LogP contribution >= 0.6 is 0 Å². The summed E-state index contributed by atoms with van der Waals surface area (Å²) >= 11 is 0. The lowest BCUT2D eigenvalue weighted by Gasteiger charge is -2.08. The fraction of sp³-hybridized carbons (Fsp3) is 0.286. The van der Waals surface area contributed by atoms with E-state index in [9.17, 15) is 4.39 Å². The van der Waals surface area contributed by atoms with Crippen LogP contribution in [0, 0.1) is 5.82 Å². The average Bonchev–Trinajstić information content (AvgIpc) is 2.48. The number of nitrogens with zero attached hydrogens (tertiary/aromatic N) is 2. The van der Waals surface area contributed by atoms with Crippen LogP contribution in [-0.2, 0) is 6.42 Å². The molecular weight excluding hydrogens is 261 g/mol. The van der Waals surface area contributed by atoms with Crippen molar-refractivity contribution in [3.05, 3.63) is 48.2 Å². The van der Waals surface area contributed by atoms with E-state index >= 15 is 0 Å². The topological polar surface area (TPSA) is 67.3 Å². The molecule has 20 heavy (non-hydrogen) atoms. The maximum Gasteiger partial charge on any atom is 0.222 e. The highest BCUT2D eigenvalue weighted by Gasteiger charge is 2.05. The fourth-order valence-electron chi connectivity index (χ4n) is 1.69. The largest absolute Gasteiger partial charge is 0.439 e. The van der Waals surface area contributed by atoms with Gasteiger partial charge in [-0.15, -0.1) is 0 Å². The Morgan fingerprint density at radius 2 is 2.15 bits per heavy atom. The van der Waals surface area contributed by atoms with E-state index in [1.165, 1.54) is 12.4 Å². The van der Waals surface area contributed by atoms with Gasteiger partial charge in [0.1, 0.15) is 17.9 Å². The standard InChI is InChI=1S/C14H16FN3O2/c15-13-2-1-12(20-14-4-6-17-10-18-14)9-11(13)3-5-16-7-8-19/h1-2,4,6,9-10,16,19H,3,5,7-8H2. The first-order chi connectivity index (χ1) is 9.79. The summed E-state index contributed by atoms with van der Waals surface area (Å²) in [6.07, 6.45) is 3.48. The van der Waals surface area contributed by atoms with Crippen LogP contribution in [0.25, 0.3) is 0 Å². The first-order valence-electron chi connectivity index (χ1n) is 6.33. The number of aliphatic hydroxyl groups excluding tert-OH is 1. The van der Waals surface area contributed by atoms with E-state index < -0.39 is 0 Å². The van der Waals surface area contributed by atoms with Crippen LogP contribution in [0.5, 0.6) is 11.6 Å². The molecule has 1 aromatic heterocycles. The molecule has 1 heterocycles. The Balaban J connectivity index is 2.00. The molecule has 6 heteroatoms. The molecular formula is C14H16FN3O2. The Labute approximate surface area is 116 Å². The van der Waals surface area contributed by atoms with E-state index in [1.807, 2.05) is 0 Å². The molecule has 0 fully saturated rings. The molecule has 0 aliphatic heterocycles. The predicted octanol–water partition coefficient (Wildman–Crippen LogP) is 1.53. The molecule has 2 rings (SSSR count). The Kier molecular flexibility index (Phi) is 5.40. The Morgan fingerprint density at radius 1 is 1.25 bits per heavy atom. The highest BCUT2D eigenvalue weighted by molar-refractivity contribution is 5.32. The van der Waals surface area contributed by atoms with Gasteiger partial charge in [0.05, 0.1) is 6.61 Å². The van der Waals surface area contributed by atoms with Crippen molar-refractivity contribution in [1.29, 1.82) is 0 Å². The summed E-state index contributed by atoms with van der Waals surface area (Å²) in [5.74, 6) is 0.670. The highest BCUT2D eigenvalue weighted by atomic mass is 19.1. The van der Waals surface area contributed by atoms with Crippen molar-refractivity contribution in [3.63, 3.8) is 0 Å². The van der Waals surface area contributed by atoms with Gasteiger partial charge < -0.3 is 15.2 Å². The summed E-state index contributed by atoms with van der Waals surface area (Å²) in [6, 6.07) is 6.21. The van der Waals surface area contributed by atoms with Crippen LogP contribution in [0.3, 0.4) is 0 Å². The Morgan fingerprint density at radius 3 is 2.90 bits per heavy atom. The zero-order valence-corrected chi connectivity index (χ0v) is 10.9. The average molecular weight is 277 g/mol. The van der Waals surface area contributed by atoms with Gasteiger partial charge in [-0.25, -0.2) is 14.4 Å². The molecule has 0 aliphatic carbocycles.